The summed E-state index contributed by atoms with van der Waals surface area (Å²) in [5.74, 6) is 0. The molecule has 0 saturated heterocycles. The molecule has 0 aliphatic heterocycles. The Bertz CT molecular complexity index is 353. The minimum Gasteiger partial charge on any atom is -0.383 e. The van der Waals surface area contributed by atoms with E-state index in [4.69, 9.17) is 10.00 Å². The van der Waals surface area contributed by atoms with E-state index in [2.05, 4.69) is 30.2 Å². The van der Waals surface area contributed by atoms with Crippen molar-refractivity contribution in [3.63, 3.8) is 0 Å². The molecule has 1 rings (SSSR count). The van der Waals surface area contributed by atoms with E-state index in [1.807, 2.05) is 4.57 Å². The van der Waals surface area contributed by atoms with Crippen LogP contribution >= 0.6 is 0 Å². The van der Waals surface area contributed by atoms with Gasteiger partial charge in [0.05, 0.1) is 30.9 Å². The van der Waals surface area contributed by atoms with Gasteiger partial charge in [0.15, 0.2) is 0 Å². The van der Waals surface area contributed by atoms with Crippen molar-refractivity contribution < 1.29 is 4.74 Å². The molecule has 0 amide bonds. The van der Waals surface area contributed by atoms with Crippen molar-refractivity contribution in [1.29, 1.82) is 5.26 Å². The lowest BCUT2D eigenvalue weighted by Crippen LogP contribution is -2.26. The number of ether oxygens (including phenoxy) is 1. The summed E-state index contributed by atoms with van der Waals surface area (Å²) in [7, 11) is 1.64. The molecule has 88 valence electrons. The molecule has 5 heteroatoms. The predicted octanol–water partition coefficient (Wildman–Crippen LogP) is 1.26. The fourth-order valence-corrected chi connectivity index (χ4v) is 1.49. The van der Waals surface area contributed by atoms with E-state index in [0.29, 0.717) is 19.2 Å². The fraction of sp³-hybridized carbons (Fsp3) is 0.636. The van der Waals surface area contributed by atoms with E-state index in [-0.39, 0.29) is 6.04 Å². The van der Waals surface area contributed by atoms with Crippen LogP contribution in [0, 0.1) is 11.3 Å². The van der Waals surface area contributed by atoms with Gasteiger partial charge in [-0.25, -0.2) is 4.98 Å². The van der Waals surface area contributed by atoms with Gasteiger partial charge < -0.3 is 9.30 Å². The van der Waals surface area contributed by atoms with Gasteiger partial charge in [0, 0.05) is 19.7 Å². The van der Waals surface area contributed by atoms with Crippen LogP contribution in [0.3, 0.4) is 0 Å². The molecule has 5 nitrogen and oxygen atoms in total. The minimum absolute atomic E-state index is 0.303. The standard InChI is InChI=1S/C11H18N4O/c1-9(2)15-8-13-7-11(15)10(6-12)14-4-5-16-3/h7-10,14H,4-5H2,1-3H3. The van der Waals surface area contributed by atoms with Crippen molar-refractivity contribution in [3.05, 3.63) is 18.2 Å². The summed E-state index contributed by atoms with van der Waals surface area (Å²) in [5, 5.41) is 12.2. The largest absolute Gasteiger partial charge is 0.383 e. The van der Waals surface area contributed by atoms with Crippen LogP contribution in [0.1, 0.15) is 31.6 Å². The van der Waals surface area contributed by atoms with E-state index >= 15 is 0 Å². The van der Waals surface area contributed by atoms with E-state index < -0.39 is 0 Å². The van der Waals surface area contributed by atoms with Gasteiger partial charge >= 0.3 is 0 Å². The molecule has 0 radical (unpaired) electrons. The topological polar surface area (TPSA) is 62.9 Å². The maximum atomic E-state index is 9.11. The quantitative estimate of drug-likeness (QED) is 0.736. The zero-order chi connectivity index (χ0) is 12.0. The first-order chi connectivity index (χ1) is 7.70. The average Bonchev–Trinajstić information content (AvgIpc) is 2.73. The predicted molar refractivity (Wildman–Crippen MR) is 60.8 cm³/mol. The number of nitrogens with zero attached hydrogens (tertiary/aromatic N) is 3. The molecule has 0 spiro atoms. The third-order valence-electron chi connectivity index (χ3n) is 2.33. The maximum absolute atomic E-state index is 9.11. The third kappa shape index (κ3) is 3.05. The van der Waals surface area contributed by atoms with E-state index in [9.17, 15) is 0 Å². The van der Waals surface area contributed by atoms with Gasteiger partial charge in [0.1, 0.15) is 6.04 Å². The van der Waals surface area contributed by atoms with Crippen LogP contribution in [0.5, 0.6) is 0 Å². The van der Waals surface area contributed by atoms with Crippen molar-refractivity contribution in [3.8, 4) is 6.07 Å². The monoisotopic (exact) mass is 222 g/mol. The fourth-order valence-electron chi connectivity index (χ4n) is 1.49. The number of imidazole rings is 1. The molecule has 0 aliphatic carbocycles. The summed E-state index contributed by atoms with van der Waals surface area (Å²) < 4.78 is 6.93. The second-order valence-electron chi connectivity index (χ2n) is 3.83. The van der Waals surface area contributed by atoms with Crippen LogP contribution in [0.2, 0.25) is 0 Å². The van der Waals surface area contributed by atoms with Gasteiger partial charge in [-0.05, 0) is 13.8 Å². The highest BCUT2D eigenvalue weighted by Crippen LogP contribution is 2.16. The Balaban J connectivity index is 2.72. The summed E-state index contributed by atoms with van der Waals surface area (Å²) in [6, 6.07) is 2.20. The van der Waals surface area contributed by atoms with E-state index in [1.165, 1.54) is 0 Å². The van der Waals surface area contributed by atoms with Crippen molar-refractivity contribution >= 4 is 0 Å². The van der Waals surface area contributed by atoms with Gasteiger partial charge in [-0.3, -0.25) is 5.32 Å². The van der Waals surface area contributed by atoms with E-state index in [0.717, 1.165) is 5.69 Å². The number of hydrogen-bond donors (Lipinski definition) is 1. The van der Waals surface area contributed by atoms with E-state index in [1.54, 1.807) is 19.6 Å². The molecular formula is C11H18N4O. The van der Waals surface area contributed by atoms with Crippen LogP contribution < -0.4 is 5.32 Å². The van der Waals surface area contributed by atoms with Gasteiger partial charge in [0.25, 0.3) is 0 Å². The molecule has 0 aromatic carbocycles. The second kappa shape index (κ2) is 6.26. The number of nitrogens with one attached hydrogen (secondary N) is 1. The zero-order valence-corrected chi connectivity index (χ0v) is 9.97. The Hall–Kier alpha value is -1.38. The lowest BCUT2D eigenvalue weighted by molar-refractivity contribution is 0.197. The lowest BCUT2D eigenvalue weighted by Gasteiger charge is -2.16. The molecule has 1 aromatic heterocycles. The third-order valence-corrected chi connectivity index (χ3v) is 2.33. The lowest BCUT2D eigenvalue weighted by atomic mass is 10.2. The SMILES string of the molecule is COCCNC(C#N)c1cncn1C(C)C. The number of aromatic nitrogens is 2. The molecule has 0 saturated carbocycles. The highest BCUT2D eigenvalue weighted by atomic mass is 16.5. The van der Waals surface area contributed by atoms with Gasteiger partial charge in [-0.1, -0.05) is 0 Å². The smallest absolute Gasteiger partial charge is 0.138 e. The molecule has 1 N–H and O–H groups in total. The summed E-state index contributed by atoms with van der Waals surface area (Å²) in [6.07, 6.45) is 3.48. The highest BCUT2D eigenvalue weighted by Gasteiger charge is 2.15. The Morgan fingerprint density at radius 3 is 2.94 bits per heavy atom. The Kier molecular flexibility index (Phi) is 4.96. The normalized spacial score (nSPS) is 12.7. The van der Waals surface area contributed by atoms with Gasteiger partial charge in [0.2, 0.25) is 0 Å². The summed E-state index contributed by atoms with van der Waals surface area (Å²) in [5.41, 5.74) is 0.897. The molecule has 0 aliphatic rings. The molecule has 1 atom stereocenters. The highest BCUT2D eigenvalue weighted by molar-refractivity contribution is 5.14. The van der Waals surface area contributed by atoms with Crippen molar-refractivity contribution in [2.75, 3.05) is 20.3 Å². The van der Waals surface area contributed by atoms with Crippen LogP contribution in [-0.4, -0.2) is 29.8 Å². The molecule has 0 fully saturated rings. The summed E-state index contributed by atoms with van der Waals surface area (Å²) >= 11 is 0. The van der Waals surface area contributed by atoms with Crippen LogP contribution in [0.25, 0.3) is 0 Å². The molecule has 1 aromatic rings. The summed E-state index contributed by atoms with van der Waals surface area (Å²) in [4.78, 5) is 4.08. The first-order valence-electron chi connectivity index (χ1n) is 5.34. The number of hydrogen-bond acceptors (Lipinski definition) is 4. The van der Waals surface area contributed by atoms with Gasteiger partial charge in [-0.2, -0.15) is 5.26 Å². The molecule has 1 unspecified atom stereocenters. The van der Waals surface area contributed by atoms with Crippen molar-refractivity contribution in [1.82, 2.24) is 14.9 Å². The Labute approximate surface area is 96.0 Å². The summed E-state index contributed by atoms with van der Waals surface area (Å²) in [6.45, 7) is 5.37. The number of nitriles is 1. The molecule has 16 heavy (non-hydrogen) atoms. The zero-order valence-electron chi connectivity index (χ0n) is 9.97. The van der Waals surface area contributed by atoms with Crippen LogP contribution in [0.15, 0.2) is 12.5 Å². The van der Waals surface area contributed by atoms with Gasteiger partial charge in [-0.15, -0.1) is 0 Å². The van der Waals surface area contributed by atoms with Crippen molar-refractivity contribution in [2.45, 2.75) is 25.9 Å². The van der Waals surface area contributed by atoms with Crippen molar-refractivity contribution in [2.24, 2.45) is 0 Å². The molecular weight excluding hydrogens is 204 g/mol. The molecule has 1 heterocycles. The Morgan fingerprint density at radius 1 is 1.62 bits per heavy atom. The van der Waals surface area contributed by atoms with Crippen LogP contribution in [-0.2, 0) is 4.74 Å². The van der Waals surface area contributed by atoms with Crippen LogP contribution in [0.4, 0.5) is 0 Å². The second-order valence-corrected chi connectivity index (χ2v) is 3.83. The first kappa shape index (κ1) is 12.7. The number of methoxy groups -OCH3 is 1. The average molecular weight is 222 g/mol. The number of rotatable bonds is 6. The maximum Gasteiger partial charge on any atom is 0.138 e. The first-order valence-corrected chi connectivity index (χ1v) is 5.34. The molecule has 0 bridgehead atoms. The Morgan fingerprint density at radius 2 is 2.38 bits per heavy atom. The minimum atomic E-state index is -0.333.